The third kappa shape index (κ3) is 4.52. The van der Waals surface area contributed by atoms with Crippen LogP contribution in [0.25, 0.3) is 0 Å². The second-order valence-electron chi connectivity index (χ2n) is 10.5. The minimum absolute atomic E-state index is 0.0401. The van der Waals surface area contributed by atoms with Crippen molar-refractivity contribution in [1.29, 1.82) is 0 Å². The molecule has 4 N–H and O–H groups in total. The van der Waals surface area contributed by atoms with Gasteiger partial charge >= 0.3 is 11.9 Å². The number of hydrogen-bond donors (Lipinski definition) is 4. The van der Waals surface area contributed by atoms with Crippen molar-refractivity contribution in [2.75, 3.05) is 27.3 Å². The van der Waals surface area contributed by atoms with Gasteiger partial charge in [-0.2, -0.15) is 0 Å². The van der Waals surface area contributed by atoms with E-state index in [-0.39, 0.29) is 39.0 Å². The molecule has 0 aliphatic carbocycles. The minimum atomic E-state index is -1.47. The molecular weight excluding hydrogens is 520 g/mol. The lowest BCUT2D eigenvalue weighted by Crippen LogP contribution is -2.77. The Labute approximate surface area is 230 Å². The molecule has 40 heavy (non-hydrogen) atoms. The van der Waals surface area contributed by atoms with Crippen molar-refractivity contribution in [3.8, 4) is 11.5 Å². The van der Waals surface area contributed by atoms with Gasteiger partial charge in [0, 0.05) is 39.0 Å². The van der Waals surface area contributed by atoms with Crippen LogP contribution in [-0.4, -0.2) is 94.2 Å². The summed E-state index contributed by atoms with van der Waals surface area (Å²) >= 11 is 0. The van der Waals surface area contributed by atoms with Gasteiger partial charge in [-0.3, -0.25) is 19.2 Å². The molecule has 3 aliphatic rings. The molecule has 3 aliphatic heterocycles. The van der Waals surface area contributed by atoms with E-state index in [1.165, 1.54) is 9.80 Å². The standard InChI is InChI=1S/C28H32N4O8/c1-39-19-7-3-17(4-8-19)13-31-25(37)28(12-22(24(35)36)30-16-28)32(14-18-5-9-20(40-2)10-6-18)26(38)27(31)11-21(23(33)34)29-15-27/h3-10,21-22,29-30H,11-16H2,1-2H3,(H,33,34)(H,35,36). The number of carbonyl (C=O) groups excluding carboxylic acids is 2. The molecule has 3 heterocycles. The molecule has 0 bridgehead atoms. The minimum Gasteiger partial charge on any atom is -0.497 e. The predicted molar refractivity (Wildman–Crippen MR) is 141 cm³/mol. The van der Waals surface area contributed by atoms with Gasteiger partial charge in [0.25, 0.3) is 11.8 Å². The molecule has 3 saturated heterocycles. The smallest absolute Gasteiger partial charge is 0.320 e. The molecule has 2 aromatic rings. The number of carboxylic acids is 2. The molecule has 2 spiro atoms. The molecule has 0 saturated carbocycles. The molecule has 12 heteroatoms. The molecule has 0 radical (unpaired) electrons. The molecule has 212 valence electrons. The number of carboxylic acid groups (broad SMARTS) is 2. The second-order valence-corrected chi connectivity index (χ2v) is 10.5. The Morgan fingerprint density at radius 3 is 1.38 bits per heavy atom. The Morgan fingerprint density at radius 2 is 1.10 bits per heavy atom. The lowest BCUT2D eigenvalue weighted by molar-refractivity contribution is -0.180. The van der Waals surface area contributed by atoms with Crippen molar-refractivity contribution < 1.29 is 38.9 Å². The first-order valence-corrected chi connectivity index (χ1v) is 13.0. The van der Waals surface area contributed by atoms with Crippen LogP contribution >= 0.6 is 0 Å². The molecule has 2 amide bonds. The highest BCUT2D eigenvalue weighted by atomic mass is 16.5. The summed E-state index contributed by atoms with van der Waals surface area (Å²) in [5.41, 5.74) is -1.50. The van der Waals surface area contributed by atoms with Crippen LogP contribution in [0.15, 0.2) is 48.5 Å². The third-order valence-corrected chi connectivity index (χ3v) is 8.28. The topological polar surface area (TPSA) is 158 Å². The molecule has 12 nitrogen and oxygen atoms in total. The number of amides is 2. The summed E-state index contributed by atoms with van der Waals surface area (Å²) in [6.07, 6.45) is -0.234. The van der Waals surface area contributed by atoms with Gasteiger partial charge in [-0.25, -0.2) is 0 Å². The molecular formula is C28H32N4O8. The van der Waals surface area contributed by atoms with Crippen LogP contribution in [-0.2, 0) is 32.3 Å². The average Bonchev–Trinajstić information content (AvgIpc) is 3.61. The summed E-state index contributed by atoms with van der Waals surface area (Å²) in [5.74, 6) is -1.81. The number of ether oxygens (including phenoxy) is 2. The van der Waals surface area contributed by atoms with Gasteiger partial charge in [0.15, 0.2) is 0 Å². The summed E-state index contributed by atoms with van der Waals surface area (Å²) in [5, 5.41) is 25.4. The van der Waals surface area contributed by atoms with E-state index in [4.69, 9.17) is 9.47 Å². The lowest BCUT2D eigenvalue weighted by Gasteiger charge is -2.55. The molecule has 0 aromatic heterocycles. The maximum Gasteiger partial charge on any atom is 0.320 e. The van der Waals surface area contributed by atoms with Gasteiger partial charge < -0.3 is 40.1 Å². The van der Waals surface area contributed by atoms with E-state index >= 15 is 0 Å². The van der Waals surface area contributed by atoms with E-state index in [0.29, 0.717) is 11.5 Å². The average molecular weight is 553 g/mol. The lowest BCUT2D eigenvalue weighted by atomic mass is 9.79. The van der Waals surface area contributed by atoms with Crippen molar-refractivity contribution in [2.45, 2.75) is 49.1 Å². The van der Waals surface area contributed by atoms with E-state index in [0.717, 1.165) is 11.1 Å². The second kappa shape index (κ2) is 10.4. The monoisotopic (exact) mass is 552 g/mol. The molecule has 4 atom stereocenters. The number of nitrogens with one attached hydrogen (secondary N) is 2. The highest BCUT2D eigenvalue weighted by Crippen LogP contribution is 2.44. The Morgan fingerprint density at radius 1 is 0.750 bits per heavy atom. The zero-order valence-corrected chi connectivity index (χ0v) is 22.3. The molecule has 3 fully saturated rings. The van der Waals surface area contributed by atoms with Crippen molar-refractivity contribution >= 4 is 23.8 Å². The molecule has 4 unspecified atom stereocenters. The number of carbonyl (C=O) groups is 4. The van der Waals surface area contributed by atoms with E-state index in [1.54, 1.807) is 62.8 Å². The first kappa shape index (κ1) is 27.4. The molecule has 2 aromatic carbocycles. The summed E-state index contributed by atoms with van der Waals surface area (Å²) in [4.78, 5) is 56.1. The fourth-order valence-electron chi connectivity index (χ4n) is 6.03. The van der Waals surface area contributed by atoms with Gasteiger partial charge in [-0.15, -0.1) is 0 Å². The van der Waals surface area contributed by atoms with E-state index in [2.05, 4.69) is 10.6 Å². The summed E-state index contributed by atoms with van der Waals surface area (Å²) < 4.78 is 10.5. The van der Waals surface area contributed by atoms with Crippen molar-refractivity contribution in [1.82, 2.24) is 20.4 Å². The van der Waals surface area contributed by atoms with Crippen molar-refractivity contribution in [3.05, 3.63) is 59.7 Å². The van der Waals surface area contributed by atoms with Gasteiger partial charge in [0.05, 0.1) is 14.2 Å². The van der Waals surface area contributed by atoms with Gasteiger partial charge in [-0.1, -0.05) is 24.3 Å². The number of piperazine rings is 1. The summed E-state index contributed by atoms with van der Waals surface area (Å²) in [7, 11) is 3.08. The van der Waals surface area contributed by atoms with Crippen molar-refractivity contribution in [3.63, 3.8) is 0 Å². The number of methoxy groups -OCH3 is 2. The number of aliphatic carboxylic acids is 2. The fourth-order valence-corrected chi connectivity index (χ4v) is 6.03. The Bertz CT molecular complexity index is 1220. The quantitative estimate of drug-likeness (QED) is 0.362. The summed E-state index contributed by atoms with van der Waals surface area (Å²) in [6.45, 7) is -0.0117. The Hall–Kier alpha value is -4.16. The number of hydrogen-bond acceptors (Lipinski definition) is 8. The maximum atomic E-state index is 14.6. The number of nitrogens with zero attached hydrogens (tertiary/aromatic N) is 2. The molecule has 5 rings (SSSR count). The normalized spacial score (nSPS) is 27.9. The summed E-state index contributed by atoms with van der Waals surface area (Å²) in [6, 6.07) is 12.1. The van der Waals surface area contributed by atoms with Gasteiger partial charge in [0.2, 0.25) is 0 Å². The largest absolute Gasteiger partial charge is 0.497 e. The highest BCUT2D eigenvalue weighted by Gasteiger charge is 2.67. The van der Waals surface area contributed by atoms with Crippen molar-refractivity contribution in [2.24, 2.45) is 0 Å². The SMILES string of the molecule is COc1ccc(CN2C(=O)C3(CNC(C(=O)O)C3)N(Cc3ccc(OC)cc3)C(=O)C23CNC(C(=O)O)C3)cc1. The van der Waals surface area contributed by atoms with E-state index in [9.17, 15) is 29.4 Å². The van der Waals surface area contributed by atoms with Crippen LogP contribution in [0.1, 0.15) is 24.0 Å². The first-order chi connectivity index (χ1) is 19.1. The van der Waals surface area contributed by atoms with Gasteiger partial charge in [0.1, 0.15) is 34.7 Å². The van der Waals surface area contributed by atoms with Crippen LogP contribution in [0.5, 0.6) is 11.5 Å². The van der Waals surface area contributed by atoms with Gasteiger partial charge in [-0.05, 0) is 35.4 Å². The zero-order valence-electron chi connectivity index (χ0n) is 22.3. The predicted octanol–water partition coefficient (Wildman–Crippen LogP) is 0.445. The maximum absolute atomic E-state index is 14.6. The zero-order chi connectivity index (χ0) is 28.7. The highest BCUT2D eigenvalue weighted by molar-refractivity contribution is 6.04. The Kier molecular flexibility index (Phi) is 7.15. The number of rotatable bonds is 8. The van der Waals surface area contributed by atoms with Crippen LogP contribution in [0, 0.1) is 0 Å². The van der Waals surface area contributed by atoms with Crippen LogP contribution in [0.3, 0.4) is 0 Å². The Balaban J connectivity index is 1.59. The van der Waals surface area contributed by atoms with Crippen LogP contribution < -0.4 is 20.1 Å². The third-order valence-electron chi connectivity index (χ3n) is 8.28. The first-order valence-electron chi connectivity index (χ1n) is 13.0. The van der Waals surface area contributed by atoms with E-state index in [1.807, 2.05) is 0 Å². The van der Waals surface area contributed by atoms with E-state index < -0.39 is 46.9 Å². The van der Waals surface area contributed by atoms with Crippen LogP contribution in [0.2, 0.25) is 0 Å². The number of benzene rings is 2. The van der Waals surface area contributed by atoms with Crippen LogP contribution in [0.4, 0.5) is 0 Å². The fraction of sp³-hybridized carbons (Fsp3) is 0.429.